The second-order valence-electron chi connectivity index (χ2n) is 5.54. The number of thiophene rings is 1. The van der Waals surface area contributed by atoms with Gasteiger partial charge in [0.25, 0.3) is 0 Å². The molecule has 1 unspecified atom stereocenters. The van der Waals surface area contributed by atoms with E-state index < -0.39 is 0 Å². The molecule has 0 saturated carbocycles. The van der Waals surface area contributed by atoms with Gasteiger partial charge in [-0.05, 0) is 36.9 Å². The van der Waals surface area contributed by atoms with Crippen molar-refractivity contribution >= 4 is 34.7 Å². The number of aryl methyl sites for hydroxylation is 2. The first-order valence-corrected chi connectivity index (χ1v) is 9.80. The quantitative estimate of drug-likeness (QED) is 0.631. The molecule has 2 aromatic heterocycles. The Bertz CT molecular complexity index is 914. The van der Waals surface area contributed by atoms with Gasteiger partial charge in [0.1, 0.15) is 12.4 Å². The lowest BCUT2D eigenvalue weighted by Gasteiger charge is -2.13. The minimum Gasteiger partial charge on any atom is -0.324 e. The number of para-hydroxylation sites is 1. The van der Waals surface area contributed by atoms with E-state index in [4.69, 9.17) is 5.26 Å². The summed E-state index contributed by atoms with van der Waals surface area (Å²) in [4.78, 5) is 13.8. The van der Waals surface area contributed by atoms with E-state index >= 15 is 0 Å². The van der Waals surface area contributed by atoms with Crippen LogP contribution in [0.25, 0.3) is 0 Å². The molecular formula is C18H17N5OS2. The summed E-state index contributed by atoms with van der Waals surface area (Å²) in [6.07, 6.45) is 2.59. The van der Waals surface area contributed by atoms with Gasteiger partial charge >= 0.3 is 0 Å². The predicted molar refractivity (Wildman–Crippen MR) is 103 cm³/mol. The molecule has 1 N–H and O–H groups in total. The molecule has 26 heavy (non-hydrogen) atoms. The molecule has 3 aromatic rings. The summed E-state index contributed by atoms with van der Waals surface area (Å²) in [5.74, 6) is -0.175. The fraction of sp³-hybridized carbons (Fsp3) is 0.222. The van der Waals surface area contributed by atoms with Gasteiger partial charge in [-0.15, -0.1) is 21.5 Å². The topological polar surface area (TPSA) is 83.6 Å². The zero-order valence-corrected chi connectivity index (χ0v) is 15.8. The van der Waals surface area contributed by atoms with Crippen LogP contribution in [-0.4, -0.2) is 25.9 Å². The van der Waals surface area contributed by atoms with Crippen molar-refractivity contribution in [3.63, 3.8) is 0 Å². The van der Waals surface area contributed by atoms with Crippen molar-refractivity contribution in [1.29, 1.82) is 5.26 Å². The lowest BCUT2D eigenvalue weighted by Crippen LogP contribution is -2.23. The first-order chi connectivity index (χ1) is 12.7. The molecule has 0 bridgehead atoms. The number of rotatable bonds is 7. The summed E-state index contributed by atoms with van der Waals surface area (Å²) in [6.45, 7) is 2.58. The molecule has 0 fully saturated rings. The van der Waals surface area contributed by atoms with Crippen LogP contribution in [0.15, 0.2) is 53.3 Å². The number of anilines is 1. The van der Waals surface area contributed by atoms with E-state index in [9.17, 15) is 4.79 Å². The van der Waals surface area contributed by atoms with Gasteiger partial charge in [-0.3, -0.25) is 4.79 Å². The molecular weight excluding hydrogens is 366 g/mol. The predicted octanol–water partition coefficient (Wildman–Crippen LogP) is 3.57. The van der Waals surface area contributed by atoms with Crippen LogP contribution >= 0.6 is 23.1 Å². The first kappa shape index (κ1) is 18.2. The van der Waals surface area contributed by atoms with Crippen molar-refractivity contribution in [2.24, 2.45) is 0 Å². The number of thioether (sulfide) groups is 1. The van der Waals surface area contributed by atoms with Crippen LogP contribution in [0.4, 0.5) is 5.69 Å². The minimum absolute atomic E-state index is 0.175. The molecule has 1 amide bonds. The summed E-state index contributed by atoms with van der Waals surface area (Å²) >= 11 is 3.08. The zero-order chi connectivity index (χ0) is 18.4. The van der Waals surface area contributed by atoms with Gasteiger partial charge in [0.05, 0.1) is 16.5 Å². The van der Waals surface area contributed by atoms with Crippen LogP contribution in [0.3, 0.4) is 0 Å². The number of hydrogen-bond donors (Lipinski definition) is 1. The average molecular weight is 384 g/mol. The highest BCUT2D eigenvalue weighted by atomic mass is 32.2. The highest BCUT2D eigenvalue weighted by Crippen LogP contribution is 2.23. The van der Waals surface area contributed by atoms with Crippen LogP contribution in [0.5, 0.6) is 0 Å². The molecule has 0 aliphatic carbocycles. The van der Waals surface area contributed by atoms with Crippen LogP contribution in [-0.2, 0) is 17.8 Å². The lowest BCUT2D eigenvalue weighted by molar-refractivity contribution is -0.115. The van der Waals surface area contributed by atoms with Gasteiger partial charge in [0.15, 0.2) is 5.16 Å². The third-order valence-electron chi connectivity index (χ3n) is 3.72. The van der Waals surface area contributed by atoms with Gasteiger partial charge in [0.2, 0.25) is 5.91 Å². The highest BCUT2D eigenvalue weighted by Gasteiger charge is 2.19. The Labute approximate surface area is 159 Å². The summed E-state index contributed by atoms with van der Waals surface area (Å²) in [5, 5.41) is 22.4. The molecule has 3 rings (SSSR count). The lowest BCUT2D eigenvalue weighted by atomic mass is 10.2. The van der Waals surface area contributed by atoms with Gasteiger partial charge in [-0.1, -0.05) is 30.0 Å². The Morgan fingerprint density at radius 2 is 2.23 bits per heavy atom. The monoisotopic (exact) mass is 383 g/mol. The normalized spacial score (nSPS) is 11.7. The van der Waals surface area contributed by atoms with Crippen LogP contribution in [0, 0.1) is 11.3 Å². The van der Waals surface area contributed by atoms with Crippen molar-refractivity contribution in [1.82, 2.24) is 14.8 Å². The zero-order valence-electron chi connectivity index (χ0n) is 14.1. The number of carbonyl (C=O) groups excluding carboxylic acids is 1. The van der Waals surface area contributed by atoms with Gasteiger partial charge in [0, 0.05) is 11.4 Å². The average Bonchev–Trinajstić information content (AvgIpc) is 3.32. The second-order valence-corrected chi connectivity index (χ2v) is 7.88. The smallest absolute Gasteiger partial charge is 0.237 e. The molecule has 0 aliphatic rings. The van der Waals surface area contributed by atoms with E-state index in [2.05, 4.69) is 33.0 Å². The second kappa shape index (κ2) is 8.65. The summed E-state index contributed by atoms with van der Waals surface area (Å²) in [5.41, 5.74) is 0.962. The Morgan fingerprint density at radius 3 is 3.00 bits per heavy atom. The molecule has 0 radical (unpaired) electrons. The maximum Gasteiger partial charge on any atom is 0.237 e. The van der Waals surface area contributed by atoms with Crippen LogP contribution in [0.1, 0.15) is 17.4 Å². The third-order valence-corrected chi connectivity index (χ3v) is 5.75. The van der Waals surface area contributed by atoms with E-state index in [0.717, 1.165) is 13.0 Å². The van der Waals surface area contributed by atoms with Gasteiger partial charge in [-0.2, -0.15) is 5.26 Å². The summed E-state index contributed by atoms with van der Waals surface area (Å²) in [6, 6.07) is 13.2. The molecule has 1 aromatic carbocycles. The van der Waals surface area contributed by atoms with Crippen molar-refractivity contribution in [3.8, 4) is 6.07 Å². The maximum absolute atomic E-state index is 12.5. The van der Waals surface area contributed by atoms with Crippen molar-refractivity contribution in [2.45, 2.75) is 30.3 Å². The number of amides is 1. The third kappa shape index (κ3) is 4.50. The standard InChI is InChI=1S/C18H17N5OS2/c1-13(17(24)21-16-7-3-2-5-14(16)11-19)26-18-22-20-12-23(18)9-8-15-6-4-10-25-15/h2-7,10,12-13H,8-9H2,1H3,(H,21,24). The van der Waals surface area contributed by atoms with Crippen LogP contribution < -0.4 is 5.32 Å². The van der Waals surface area contributed by atoms with Crippen LogP contribution in [0.2, 0.25) is 0 Å². The number of aromatic nitrogens is 3. The number of benzene rings is 1. The fourth-order valence-electron chi connectivity index (χ4n) is 2.31. The largest absolute Gasteiger partial charge is 0.324 e. The summed E-state index contributed by atoms with van der Waals surface area (Å²) < 4.78 is 1.96. The van der Waals surface area contributed by atoms with E-state index in [1.807, 2.05) is 17.6 Å². The number of nitrogens with zero attached hydrogens (tertiary/aromatic N) is 4. The SMILES string of the molecule is CC(Sc1nncn1CCc1cccs1)C(=O)Nc1ccccc1C#N. The number of carbonyl (C=O) groups is 1. The number of nitrogens with one attached hydrogen (secondary N) is 1. The van der Waals surface area contributed by atoms with Gasteiger partial charge < -0.3 is 9.88 Å². The minimum atomic E-state index is -0.369. The van der Waals surface area contributed by atoms with Crippen molar-refractivity contribution < 1.29 is 4.79 Å². The van der Waals surface area contributed by atoms with E-state index in [1.54, 1.807) is 41.9 Å². The van der Waals surface area contributed by atoms with E-state index in [1.165, 1.54) is 16.6 Å². The van der Waals surface area contributed by atoms with Crippen molar-refractivity contribution in [3.05, 3.63) is 58.5 Å². The molecule has 6 nitrogen and oxygen atoms in total. The Morgan fingerprint density at radius 1 is 1.38 bits per heavy atom. The Balaban J connectivity index is 1.61. The van der Waals surface area contributed by atoms with E-state index in [-0.39, 0.29) is 11.2 Å². The fourth-order valence-corrected chi connectivity index (χ4v) is 3.86. The number of hydrogen-bond acceptors (Lipinski definition) is 6. The molecule has 0 saturated heterocycles. The van der Waals surface area contributed by atoms with Crippen molar-refractivity contribution in [2.75, 3.05) is 5.32 Å². The number of nitriles is 1. The Hall–Kier alpha value is -2.63. The Kier molecular flexibility index (Phi) is 6.04. The molecule has 132 valence electrons. The molecule has 0 aliphatic heterocycles. The van der Waals surface area contributed by atoms with Gasteiger partial charge in [-0.25, -0.2) is 0 Å². The molecule has 1 atom stereocenters. The first-order valence-electron chi connectivity index (χ1n) is 8.04. The maximum atomic E-state index is 12.5. The van der Waals surface area contributed by atoms with E-state index in [0.29, 0.717) is 16.4 Å². The molecule has 2 heterocycles. The highest BCUT2D eigenvalue weighted by molar-refractivity contribution is 8.00. The molecule has 8 heteroatoms. The summed E-state index contributed by atoms with van der Waals surface area (Å²) in [7, 11) is 0. The molecule has 0 spiro atoms.